The SMILES string of the molecule is CCC(C)NC(=O)CCNCCOCCCOC. The van der Waals surface area contributed by atoms with Crippen molar-refractivity contribution in [3.05, 3.63) is 0 Å². The summed E-state index contributed by atoms with van der Waals surface area (Å²) in [5.41, 5.74) is 0. The maximum Gasteiger partial charge on any atom is 0.221 e. The number of ether oxygens (including phenoxy) is 2. The number of hydrogen-bond acceptors (Lipinski definition) is 4. The van der Waals surface area contributed by atoms with Crippen LogP contribution in [0.4, 0.5) is 0 Å². The third-order valence-corrected chi connectivity index (χ3v) is 2.61. The molecule has 1 amide bonds. The second-order valence-corrected chi connectivity index (χ2v) is 4.34. The van der Waals surface area contributed by atoms with Crippen LogP contribution in [0.5, 0.6) is 0 Å². The van der Waals surface area contributed by atoms with Crippen LogP contribution in [0.2, 0.25) is 0 Å². The molecule has 18 heavy (non-hydrogen) atoms. The minimum absolute atomic E-state index is 0.109. The zero-order valence-electron chi connectivity index (χ0n) is 12.0. The Balaban J connectivity index is 3.17. The highest BCUT2D eigenvalue weighted by Gasteiger charge is 2.04. The van der Waals surface area contributed by atoms with Crippen LogP contribution in [0.25, 0.3) is 0 Å². The first kappa shape index (κ1) is 17.4. The van der Waals surface area contributed by atoms with Gasteiger partial charge in [-0.2, -0.15) is 0 Å². The molecule has 0 aromatic rings. The molecular formula is C13H28N2O3. The molecule has 0 saturated heterocycles. The van der Waals surface area contributed by atoms with Crippen molar-refractivity contribution in [2.45, 2.75) is 39.2 Å². The molecule has 0 saturated carbocycles. The standard InChI is InChI=1S/C13H28N2O3/c1-4-12(2)15-13(16)6-7-14-8-11-18-10-5-9-17-3/h12,14H,4-11H2,1-3H3,(H,15,16). The van der Waals surface area contributed by atoms with Gasteiger partial charge in [0.15, 0.2) is 0 Å². The second-order valence-electron chi connectivity index (χ2n) is 4.34. The van der Waals surface area contributed by atoms with E-state index in [-0.39, 0.29) is 11.9 Å². The molecule has 0 bridgehead atoms. The summed E-state index contributed by atoms with van der Waals surface area (Å²) >= 11 is 0. The van der Waals surface area contributed by atoms with Crippen LogP contribution in [0, 0.1) is 0 Å². The summed E-state index contributed by atoms with van der Waals surface area (Å²) < 4.78 is 10.3. The Morgan fingerprint density at radius 2 is 2.00 bits per heavy atom. The van der Waals surface area contributed by atoms with Crippen LogP contribution in [0.15, 0.2) is 0 Å². The van der Waals surface area contributed by atoms with Crippen LogP contribution < -0.4 is 10.6 Å². The first-order chi connectivity index (χ1) is 8.70. The van der Waals surface area contributed by atoms with Gasteiger partial charge in [0.25, 0.3) is 0 Å². The predicted molar refractivity (Wildman–Crippen MR) is 72.7 cm³/mol. The van der Waals surface area contributed by atoms with E-state index in [2.05, 4.69) is 17.6 Å². The van der Waals surface area contributed by atoms with Gasteiger partial charge in [0.1, 0.15) is 0 Å². The molecule has 0 heterocycles. The molecule has 5 heteroatoms. The van der Waals surface area contributed by atoms with Crippen molar-refractivity contribution < 1.29 is 14.3 Å². The minimum Gasteiger partial charge on any atom is -0.385 e. The summed E-state index contributed by atoms with van der Waals surface area (Å²) in [5, 5.41) is 6.11. The Morgan fingerprint density at radius 1 is 1.22 bits per heavy atom. The van der Waals surface area contributed by atoms with E-state index in [0.29, 0.717) is 19.6 Å². The third-order valence-electron chi connectivity index (χ3n) is 2.61. The molecule has 0 aliphatic carbocycles. The Labute approximate surface area is 111 Å². The van der Waals surface area contributed by atoms with Crippen LogP contribution in [-0.2, 0) is 14.3 Å². The van der Waals surface area contributed by atoms with Crippen molar-refractivity contribution in [3.8, 4) is 0 Å². The maximum absolute atomic E-state index is 11.4. The molecular weight excluding hydrogens is 232 g/mol. The lowest BCUT2D eigenvalue weighted by atomic mass is 10.2. The molecule has 1 atom stereocenters. The molecule has 0 fully saturated rings. The van der Waals surface area contributed by atoms with Crippen molar-refractivity contribution in [2.75, 3.05) is 40.0 Å². The molecule has 2 N–H and O–H groups in total. The monoisotopic (exact) mass is 260 g/mol. The van der Waals surface area contributed by atoms with Crippen molar-refractivity contribution in [3.63, 3.8) is 0 Å². The molecule has 0 aromatic carbocycles. The molecule has 0 radical (unpaired) electrons. The van der Waals surface area contributed by atoms with E-state index in [1.54, 1.807) is 7.11 Å². The second kappa shape index (κ2) is 12.8. The number of hydrogen-bond donors (Lipinski definition) is 2. The van der Waals surface area contributed by atoms with Crippen LogP contribution >= 0.6 is 0 Å². The van der Waals surface area contributed by atoms with Gasteiger partial charge in [-0.15, -0.1) is 0 Å². The quantitative estimate of drug-likeness (QED) is 0.513. The first-order valence-corrected chi connectivity index (χ1v) is 6.77. The molecule has 5 nitrogen and oxygen atoms in total. The van der Waals surface area contributed by atoms with Crippen LogP contribution in [-0.4, -0.2) is 52.0 Å². The van der Waals surface area contributed by atoms with Gasteiger partial charge >= 0.3 is 0 Å². The number of methoxy groups -OCH3 is 1. The summed E-state index contributed by atoms with van der Waals surface area (Å²) in [5.74, 6) is 0.109. The predicted octanol–water partition coefficient (Wildman–Crippen LogP) is 0.934. The number of nitrogens with one attached hydrogen (secondary N) is 2. The van der Waals surface area contributed by atoms with E-state index in [0.717, 1.165) is 32.6 Å². The summed E-state index contributed by atoms with van der Waals surface area (Å²) in [4.78, 5) is 11.4. The van der Waals surface area contributed by atoms with Crippen LogP contribution in [0.3, 0.4) is 0 Å². The van der Waals surface area contributed by atoms with Crippen molar-refractivity contribution in [1.29, 1.82) is 0 Å². The Morgan fingerprint density at radius 3 is 2.67 bits per heavy atom. The lowest BCUT2D eigenvalue weighted by Crippen LogP contribution is -2.34. The summed E-state index contributed by atoms with van der Waals surface area (Å²) in [6.07, 6.45) is 2.41. The van der Waals surface area contributed by atoms with Gasteiger partial charge in [0.05, 0.1) is 6.61 Å². The Bertz CT molecular complexity index is 201. The van der Waals surface area contributed by atoms with Crippen molar-refractivity contribution >= 4 is 5.91 Å². The maximum atomic E-state index is 11.4. The lowest BCUT2D eigenvalue weighted by molar-refractivity contribution is -0.121. The molecule has 0 spiro atoms. The van der Waals surface area contributed by atoms with Crippen LogP contribution in [0.1, 0.15) is 33.1 Å². The van der Waals surface area contributed by atoms with Gasteiger partial charge in [0.2, 0.25) is 5.91 Å². The van der Waals surface area contributed by atoms with Crippen molar-refractivity contribution in [2.24, 2.45) is 0 Å². The topological polar surface area (TPSA) is 59.6 Å². The van der Waals surface area contributed by atoms with E-state index >= 15 is 0 Å². The molecule has 0 aliphatic heterocycles. The lowest BCUT2D eigenvalue weighted by Gasteiger charge is -2.11. The number of amides is 1. The largest absolute Gasteiger partial charge is 0.385 e. The highest BCUT2D eigenvalue weighted by atomic mass is 16.5. The van der Waals surface area contributed by atoms with Gasteiger partial charge in [-0.1, -0.05) is 6.92 Å². The van der Waals surface area contributed by atoms with E-state index in [1.165, 1.54) is 0 Å². The van der Waals surface area contributed by atoms with E-state index in [1.807, 2.05) is 6.92 Å². The summed E-state index contributed by atoms with van der Waals surface area (Å²) in [6.45, 7) is 7.69. The molecule has 0 rings (SSSR count). The van der Waals surface area contributed by atoms with Gasteiger partial charge in [-0.05, 0) is 19.8 Å². The Kier molecular flexibility index (Phi) is 12.3. The van der Waals surface area contributed by atoms with Gasteiger partial charge in [0, 0.05) is 45.9 Å². The van der Waals surface area contributed by atoms with E-state index in [4.69, 9.17) is 9.47 Å². The third kappa shape index (κ3) is 11.8. The zero-order chi connectivity index (χ0) is 13.6. The number of carbonyl (C=O) groups is 1. The smallest absolute Gasteiger partial charge is 0.221 e. The fourth-order valence-electron chi connectivity index (χ4n) is 1.33. The summed E-state index contributed by atoms with van der Waals surface area (Å²) in [6, 6.07) is 0.265. The molecule has 108 valence electrons. The average molecular weight is 260 g/mol. The fraction of sp³-hybridized carbons (Fsp3) is 0.923. The highest BCUT2D eigenvalue weighted by molar-refractivity contribution is 5.76. The fourth-order valence-corrected chi connectivity index (χ4v) is 1.33. The Hall–Kier alpha value is -0.650. The molecule has 0 aromatic heterocycles. The minimum atomic E-state index is 0.109. The number of rotatable bonds is 12. The van der Waals surface area contributed by atoms with Crippen molar-refractivity contribution in [1.82, 2.24) is 10.6 Å². The van der Waals surface area contributed by atoms with E-state index < -0.39 is 0 Å². The molecule has 0 aliphatic rings. The number of carbonyl (C=O) groups excluding carboxylic acids is 1. The van der Waals surface area contributed by atoms with Gasteiger partial charge in [-0.25, -0.2) is 0 Å². The average Bonchev–Trinajstić information content (AvgIpc) is 2.36. The normalized spacial score (nSPS) is 12.4. The first-order valence-electron chi connectivity index (χ1n) is 6.77. The van der Waals surface area contributed by atoms with E-state index in [9.17, 15) is 4.79 Å². The van der Waals surface area contributed by atoms with Gasteiger partial charge in [-0.3, -0.25) is 4.79 Å². The zero-order valence-corrected chi connectivity index (χ0v) is 12.0. The molecule has 1 unspecified atom stereocenters. The van der Waals surface area contributed by atoms with Gasteiger partial charge < -0.3 is 20.1 Å². The highest BCUT2D eigenvalue weighted by Crippen LogP contribution is 1.89. The summed E-state index contributed by atoms with van der Waals surface area (Å²) in [7, 11) is 1.69.